The molecule has 2 aromatic rings. The number of hydrogen-bond acceptors (Lipinski definition) is 4. The summed E-state index contributed by atoms with van der Waals surface area (Å²) in [4.78, 5) is 39.3. The number of carboxylic acids is 2. The van der Waals surface area contributed by atoms with E-state index < -0.39 is 18.0 Å². The number of aromatic nitrogens is 1. The maximum atomic E-state index is 11.9. The number of benzene rings is 1. The number of piperidine rings is 1. The fraction of sp³-hybridized carbons (Fsp3) is 0.421. The molecule has 0 aliphatic carbocycles. The summed E-state index contributed by atoms with van der Waals surface area (Å²) in [5.74, 6) is -2.27. The van der Waals surface area contributed by atoms with Gasteiger partial charge < -0.3 is 20.5 Å². The van der Waals surface area contributed by atoms with E-state index in [9.17, 15) is 19.5 Å². The summed E-state index contributed by atoms with van der Waals surface area (Å²) >= 11 is 0. The molecule has 27 heavy (non-hydrogen) atoms. The number of aliphatic carboxylic acids is 2. The van der Waals surface area contributed by atoms with Crippen LogP contribution in [0, 0.1) is 0 Å². The summed E-state index contributed by atoms with van der Waals surface area (Å²) in [6.07, 6.45) is 4.52. The summed E-state index contributed by atoms with van der Waals surface area (Å²) in [5, 5.41) is 21.9. The number of rotatable bonds is 7. The van der Waals surface area contributed by atoms with Gasteiger partial charge in [0.1, 0.15) is 6.04 Å². The predicted molar refractivity (Wildman–Crippen MR) is 99.6 cm³/mol. The Balaban J connectivity index is 1.81. The van der Waals surface area contributed by atoms with Gasteiger partial charge in [-0.15, -0.1) is 0 Å². The lowest BCUT2D eigenvalue weighted by Gasteiger charge is -2.31. The van der Waals surface area contributed by atoms with Crippen molar-refractivity contribution in [3.8, 4) is 0 Å². The van der Waals surface area contributed by atoms with Crippen molar-refractivity contribution in [3.05, 3.63) is 30.0 Å². The number of hydrogen-bond donors (Lipinski definition) is 4. The number of anilines is 1. The molecule has 144 valence electrons. The number of nitrogens with zero attached hydrogens (tertiary/aromatic N) is 1. The Morgan fingerprint density at radius 3 is 2.52 bits per heavy atom. The number of carbonyl (C=O) groups excluding carboxylic acids is 1. The highest BCUT2D eigenvalue weighted by atomic mass is 16.4. The highest BCUT2D eigenvalue weighted by Gasteiger charge is 2.30. The molecule has 2 heterocycles. The van der Waals surface area contributed by atoms with Gasteiger partial charge in [0.15, 0.2) is 0 Å². The molecule has 1 saturated heterocycles. The van der Waals surface area contributed by atoms with Gasteiger partial charge in [-0.25, -0.2) is 0 Å². The van der Waals surface area contributed by atoms with Crippen molar-refractivity contribution in [2.24, 2.45) is 0 Å². The SMILES string of the molecule is O=C(O)CCC(=O)Nc1ccc2c([C@@H](C(=O)O)N3CCCCC3)c[nH]c2c1. The van der Waals surface area contributed by atoms with Gasteiger partial charge in [-0.05, 0) is 38.1 Å². The molecule has 0 bridgehead atoms. The molecule has 4 N–H and O–H groups in total. The van der Waals surface area contributed by atoms with Crippen LogP contribution in [0.2, 0.25) is 0 Å². The van der Waals surface area contributed by atoms with Crippen molar-refractivity contribution in [2.45, 2.75) is 38.1 Å². The summed E-state index contributed by atoms with van der Waals surface area (Å²) in [7, 11) is 0. The van der Waals surface area contributed by atoms with Crippen LogP contribution < -0.4 is 5.32 Å². The summed E-state index contributed by atoms with van der Waals surface area (Å²) in [6.45, 7) is 1.53. The third-order valence-corrected chi connectivity index (χ3v) is 4.85. The number of carbonyl (C=O) groups is 3. The van der Waals surface area contributed by atoms with Gasteiger partial charge in [-0.3, -0.25) is 19.3 Å². The average molecular weight is 373 g/mol. The molecular weight excluding hydrogens is 350 g/mol. The fourth-order valence-corrected chi connectivity index (χ4v) is 3.56. The molecule has 1 fully saturated rings. The molecule has 1 aromatic heterocycles. The Bertz CT molecular complexity index is 854. The van der Waals surface area contributed by atoms with Crippen molar-refractivity contribution in [1.82, 2.24) is 9.88 Å². The highest BCUT2D eigenvalue weighted by molar-refractivity contribution is 5.96. The zero-order valence-corrected chi connectivity index (χ0v) is 14.9. The van der Waals surface area contributed by atoms with Gasteiger partial charge in [-0.2, -0.15) is 0 Å². The van der Waals surface area contributed by atoms with Crippen LogP contribution in [0.25, 0.3) is 10.9 Å². The number of amides is 1. The Hall–Kier alpha value is -2.87. The Morgan fingerprint density at radius 2 is 1.85 bits per heavy atom. The number of fused-ring (bicyclic) bond motifs is 1. The van der Waals surface area contributed by atoms with Crippen LogP contribution in [-0.4, -0.2) is 51.0 Å². The second-order valence-corrected chi connectivity index (χ2v) is 6.78. The van der Waals surface area contributed by atoms with Gasteiger partial charge in [0, 0.05) is 34.8 Å². The molecule has 1 aromatic carbocycles. The molecule has 1 amide bonds. The quantitative estimate of drug-likeness (QED) is 0.592. The van der Waals surface area contributed by atoms with Crippen LogP contribution in [0.15, 0.2) is 24.4 Å². The average Bonchev–Trinajstić information content (AvgIpc) is 3.04. The lowest BCUT2D eigenvalue weighted by Crippen LogP contribution is -2.37. The number of nitrogens with one attached hydrogen (secondary N) is 2. The smallest absolute Gasteiger partial charge is 0.325 e. The molecule has 3 rings (SSSR count). The van der Waals surface area contributed by atoms with Gasteiger partial charge in [0.05, 0.1) is 6.42 Å². The Labute approximate surface area is 156 Å². The fourth-order valence-electron chi connectivity index (χ4n) is 3.56. The third kappa shape index (κ3) is 4.46. The molecule has 8 nitrogen and oxygen atoms in total. The maximum Gasteiger partial charge on any atom is 0.325 e. The molecule has 0 spiro atoms. The zero-order chi connectivity index (χ0) is 19.4. The summed E-state index contributed by atoms with van der Waals surface area (Å²) in [6, 6.07) is 4.52. The summed E-state index contributed by atoms with van der Waals surface area (Å²) < 4.78 is 0. The Kier molecular flexibility index (Phi) is 5.75. The van der Waals surface area contributed by atoms with Crippen molar-refractivity contribution in [3.63, 3.8) is 0 Å². The van der Waals surface area contributed by atoms with Crippen LogP contribution in [0.1, 0.15) is 43.7 Å². The minimum Gasteiger partial charge on any atom is -0.481 e. The maximum absolute atomic E-state index is 11.9. The van der Waals surface area contributed by atoms with Gasteiger partial charge in [0.25, 0.3) is 0 Å². The minimum absolute atomic E-state index is 0.0978. The lowest BCUT2D eigenvalue weighted by molar-refractivity contribution is -0.144. The predicted octanol–water partition coefficient (Wildman–Crippen LogP) is 2.58. The first-order valence-electron chi connectivity index (χ1n) is 9.05. The van der Waals surface area contributed by atoms with E-state index in [4.69, 9.17) is 5.11 Å². The van der Waals surface area contributed by atoms with E-state index in [2.05, 4.69) is 10.3 Å². The van der Waals surface area contributed by atoms with Crippen molar-refractivity contribution in [1.29, 1.82) is 0 Å². The first-order chi connectivity index (χ1) is 13.0. The van der Waals surface area contributed by atoms with E-state index in [1.807, 2.05) is 4.90 Å². The van der Waals surface area contributed by atoms with Gasteiger partial charge >= 0.3 is 11.9 Å². The minimum atomic E-state index is -1.02. The van der Waals surface area contributed by atoms with Crippen LogP contribution in [0.5, 0.6) is 0 Å². The van der Waals surface area contributed by atoms with Crippen molar-refractivity contribution < 1.29 is 24.6 Å². The molecule has 1 atom stereocenters. The number of H-pyrrole nitrogens is 1. The van der Waals surface area contributed by atoms with Crippen LogP contribution in [0.3, 0.4) is 0 Å². The van der Waals surface area contributed by atoms with E-state index in [-0.39, 0.29) is 18.7 Å². The van der Waals surface area contributed by atoms with E-state index in [1.165, 1.54) is 0 Å². The third-order valence-electron chi connectivity index (χ3n) is 4.85. The topological polar surface area (TPSA) is 123 Å². The van der Waals surface area contributed by atoms with Crippen LogP contribution >= 0.6 is 0 Å². The van der Waals surface area contributed by atoms with Gasteiger partial charge in [-0.1, -0.05) is 12.5 Å². The second-order valence-electron chi connectivity index (χ2n) is 6.78. The van der Waals surface area contributed by atoms with E-state index in [0.29, 0.717) is 11.3 Å². The van der Waals surface area contributed by atoms with Crippen molar-refractivity contribution >= 4 is 34.4 Å². The molecule has 0 unspecified atom stereocenters. The monoisotopic (exact) mass is 373 g/mol. The molecule has 1 aliphatic heterocycles. The second kappa shape index (κ2) is 8.22. The lowest BCUT2D eigenvalue weighted by atomic mass is 10.0. The molecule has 0 radical (unpaired) electrons. The van der Waals surface area contributed by atoms with E-state index in [0.717, 1.165) is 43.3 Å². The number of likely N-dealkylation sites (tertiary alicyclic amines) is 1. The first-order valence-corrected chi connectivity index (χ1v) is 9.05. The first kappa shape index (κ1) is 18.9. The molecule has 1 aliphatic rings. The summed E-state index contributed by atoms with van der Waals surface area (Å²) in [5.41, 5.74) is 1.98. The van der Waals surface area contributed by atoms with Crippen LogP contribution in [0.4, 0.5) is 5.69 Å². The Morgan fingerprint density at radius 1 is 1.11 bits per heavy atom. The highest BCUT2D eigenvalue weighted by Crippen LogP contribution is 2.32. The van der Waals surface area contributed by atoms with E-state index >= 15 is 0 Å². The standard InChI is InChI=1S/C19H23N3O5/c23-16(6-7-17(24)25)21-12-4-5-13-14(11-20-15(13)10-12)18(19(26)27)22-8-2-1-3-9-22/h4-5,10-11,18,20H,1-3,6-9H2,(H,21,23)(H,24,25)(H,26,27)/t18-/m0/s1. The molecule has 8 heteroatoms. The largest absolute Gasteiger partial charge is 0.481 e. The normalized spacial score (nSPS) is 16.1. The molecular formula is C19H23N3O5. The van der Waals surface area contributed by atoms with Crippen molar-refractivity contribution in [2.75, 3.05) is 18.4 Å². The van der Waals surface area contributed by atoms with Gasteiger partial charge in [0.2, 0.25) is 5.91 Å². The van der Waals surface area contributed by atoms with E-state index in [1.54, 1.807) is 24.4 Å². The zero-order valence-electron chi connectivity index (χ0n) is 14.9. The number of aromatic amines is 1. The number of carboxylic acid groups (broad SMARTS) is 2. The molecule has 0 saturated carbocycles. The van der Waals surface area contributed by atoms with Crippen LogP contribution in [-0.2, 0) is 14.4 Å².